The van der Waals surface area contributed by atoms with E-state index in [2.05, 4.69) is 9.88 Å². The van der Waals surface area contributed by atoms with Gasteiger partial charge in [-0.05, 0) is 17.5 Å². The van der Waals surface area contributed by atoms with Crippen molar-refractivity contribution in [1.82, 2.24) is 14.9 Å². The lowest BCUT2D eigenvalue weighted by molar-refractivity contribution is -0.150. The number of aliphatic hydroxyl groups is 1. The summed E-state index contributed by atoms with van der Waals surface area (Å²) in [6, 6.07) is 7.89. The largest absolute Gasteiger partial charge is 0.447 e. The first-order chi connectivity index (χ1) is 11.7. The quantitative estimate of drug-likeness (QED) is 0.915. The minimum Gasteiger partial charge on any atom is -0.447 e. The molecule has 2 aromatic rings. The Morgan fingerprint density at radius 3 is 2.96 bits per heavy atom. The molecule has 3 heterocycles. The maximum atomic E-state index is 12.5. The number of hydrogen-bond acceptors (Lipinski definition) is 6. The molecule has 1 saturated heterocycles. The summed E-state index contributed by atoms with van der Waals surface area (Å²) in [4.78, 5) is 24.4. The van der Waals surface area contributed by atoms with Crippen LogP contribution in [0.5, 0.6) is 0 Å². The van der Waals surface area contributed by atoms with Gasteiger partial charge in [0.25, 0.3) is 5.91 Å². The lowest BCUT2D eigenvalue weighted by Gasteiger charge is -2.27. The molecule has 1 amide bonds. The average molecular weight is 329 g/mol. The fourth-order valence-electron chi connectivity index (χ4n) is 3.09. The minimum absolute atomic E-state index is 0.240. The molecule has 0 unspecified atom stereocenters. The van der Waals surface area contributed by atoms with Gasteiger partial charge < -0.3 is 9.52 Å². The van der Waals surface area contributed by atoms with Crippen LogP contribution >= 0.6 is 0 Å². The molecule has 1 aromatic carbocycles. The molecule has 4 rings (SSSR count). The van der Waals surface area contributed by atoms with Crippen LogP contribution in [-0.2, 0) is 24.5 Å². The Hall–Kier alpha value is -2.22. The number of likely N-dealkylation sites (tertiary alicyclic amines) is 1. The van der Waals surface area contributed by atoms with E-state index in [-0.39, 0.29) is 17.7 Å². The molecule has 1 fully saturated rings. The summed E-state index contributed by atoms with van der Waals surface area (Å²) in [5.74, 6) is 0.172. The number of oxazole rings is 1. The Morgan fingerprint density at radius 2 is 2.17 bits per heavy atom. The highest BCUT2D eigenvalue weighted by atomic mass is 16.7. The topological polar surface area (TPSA) is 79.0 Å². The number of hydrogen-bond donors (Lipinski definition) is 1. The van der Waals surface area contributed by atoms with Crippen LogP contribution in [-0.4, -0.2) is 45.2 Å². The Labute approximate surface area is 139 Å². The average Bonchev–Trinajstić information content (AvgIpc) is 3.23. The second-order valence-corrected chi connectivity index (χ2v) is 6.19. The second-order valence-electron chi connectivity index (χ2n) is 6.19. The number of aromatic nitrogens is 1. The van der Waals surface area contributed by atoms with Gasteiger partial charge in [-0.15, -0.1) is 0 Å². The standard InChI is InChI=1S/C17H19N3O4/c21-14-5-6-19(8-14)9-16-18-15(11-23-16)17(22)20-7-12-3-1-2-4-13(12)10-24-20/h1-4,11,14,21H,5-10H2/t14-/m0/s1. The molecule has 0 aliphatic carbocycles. The summed E-state index contributed by atoms with van der Waals surface area (Å²) in [6.07, 6.45) is 1.84. The molecule has 2 aliphatic rings. The Bertz CT molecular complexity index is 745. The normalized spacial score (nSPS) is 21.0. The lowest BCUT2D eigenvalue weighted by atomic mass is 10.1. The first-order valence-corrected chi connectivity index (χ1v) is 8.05. The number of hydroxylamine groups is 2. The van der Waals surface area contributed by atoms with E-state index in [1.54, 1.807) is 0 Å². The molecule has 7 nitrogen and oxygen atoms in total. The van der Waals surface area contributed by atoms with E-state index in [1.807, 2.05) is 24.3 Å². The molecule has 0 saturated carbocycles. The van der Waals surface area contributed by atoms with Crippen LogP contribution < -0.4 is 0 Å². The summed E-state index contributed by atoms with van der Waals surface area (Å²) >= 11 is 0. The lowest BCUT2D eigenvalue weighted by Crippen LogP contribution is -2.34. The van der Waals surface area contributed by atoms with Crippen molar-refractivity contribution in [2.75, 3.05) is 13.1 Å². The highest BCUT2D eigenvalue weighted by molar-refractivity contribution is 5.91. The van der Waals surface area contributed by atoms with Gasteiger partial charge in [0.15, 0.2) is 5.69 Å². The van der Waals surface area contributed by atoms with Crippen LogP contribution in [0, 0.1) is 0 Å². The first kappa shape index (κ1) is 15.3. The Morgan fingerprint density at radius 1 is 1.33 bits per heavy atom. The second kappa shape index (κ2) is 6.35. The van der Waals surface area contributed by atoms with E-state index >= 15 is 0 Å². The monoisotopic (exact) mass is 329 g/mol. The van der Waals surface area contributed by atoms with Crippen LogP contribution in [0.2, 0.25) is 0 Å². The van der Waals surface area contributed by atoms with Crippen molar-refractivity contribution >= 4 is 5.91 Å². The molecule has 1 aromatic heterocycles. The number of amides is 1. The number of aliphatic hydroxyl groups excluding tert-OH is 1. The van der Waals surface area contributed by atoms with Gasteiger partial charge in [0.2, 0.25) is 5.89 Å². The zero-order chi connectivity index (χ0) is 16.5. The van der Waals surface area contributed by atoms with E-state index in [9.17, 15) is 9.90 Å². The zero-order valence-electron chi connectivity index (χ0n) is 13.2. The maximum Gasteiger partial charge on any atom is 0.299 e. The molecule has 1 N–H and O–H groups in total. The maximum absolute atomic E-state index is 12.5. The number of benzene rings is 1. The van der Waals surface area contributed by atoms with Crippen molar-refractivity contribution in [3.63, 3.8) is 0 Å². The molecule has 126 valence electrons. The summed E-state index contributed by atoms with van der Waals surface area (Å²) in [5.41, 5.74) is 2.41. The molecular formula is C17H19N3O4. The number of carbonyl (C=O) groups is 1. The van der Waals surface area contributed by atoms with Crippen molar-refractivity contribution in [2.24, 2.45) is 0 Å². The van der Waals surface area contributed by atoms with Gasteiger partial charge >= 0.3 is 0 Å². The molecule has 0 bridgehead atoms. The van der Waals surface area contributed by atoms with Crippen molar-refractivity contribution in [3.8, 4) is 0 Å². The van der Waals surface area contributed by atoms with E-state index in [4.69, 9.17) is 9.25 Å². The van der Waals surface area contributed by atoms with Crippen LogP contribution in [0.3, 0.4) is 0 Å². The van der Waals surface area contributed by atoms with E-state index in [1.165, 1.54) is 11.3 Å². The Balaban J connectivity index is 1.42. The summed E-state index contributed by atoms with van der Waals surface area (Å²) < 4.78 is 5.41. The Kier molecular flexibility index (Phi) is 4.05. The molecule has 24 heavy (non-hydrogen) atoms. The van der Waals surface area contributed by atoms with Gasteiger partial charge in [-0.3, -0.25) is 14.5 Å². The SMILES string of the molecule is O=C(c1coc(CN2CC[C@H](O)C2)n1)N1Cc2ccccc2CO1. The third kappa shape index (κ3) is 3.06. The highest BCUT2D eigenvalue weighted by Gasteiger charge is 2.26. The number of carbonyl (C=O) groups excluding carboxylic acids is 1. The third-order valence-corrected chi connectivity index (χ3v) is 4.41. The van der Waals surface area contributed by atoms with Crippen molar-refractivity contribution in [1.29, 1.82) is 0 Å². The summed E-state index contributed by atoms with van der Waals surface area (Å²) in [7, 11) is 0. The van der Waals surface area contributed by atoms with Gasteiger partial charge in [-0.2, -0.15) is 0 Å². The van der Waals surface area contributed by atoms with Crippen molar-refractivity contribution in [2.45, 2.75) is 32.2 Å². The van der Waals surface area contributed by atoms with Gasteiger partial charge in [-0.25, -0.2) is 10.0 Å². The third-order valence-electron chi connectivity index (χ3n) is 4.41. The van der Waals surface area contributed by atoms with E-state index < -0.39 is 0 Å². The molecule has 2 aliphatic heterocycles. The van der Waals surface area contributed by atoms with Gasteiger partial charge in [0, 0.05) is 13.1 Å². The van der Waals surface area contributed by atoms with Crippen molar-refractivity contribution < 1.29 is 19.2 Å². The first-order valence-electron chi connectivity index (χ1n) is 8.05. The highest BCUT2D eigenvalue weighted by Crippen LogP contribution is 2.21. The number of β-amino-alcohol motifs (C(OH)–C–C–N with tert-alkyl or cyclic N) is 1. The van der Waals surface area contributed by atoms with Gasteiger partial charge in [0.1, 0.15) is 12.9 Å². The van der Waals surface area contributed by atoms with Crippen LogP contribution in [0.15, 0.2) is 34.9 Å². The molecular weight excluding hydrogens is 310 g/mol. The molecule has 0 spiro atoms. The summed E-state index contributed by atoms with van der Waals surface area (Å²) in [6.45, 7) is 2.68. The van der Waals surface area contributed by atoms with E-state index in [0.29, 0.717) is 32.1 Å². The van der Waals surface area contributed by atoms with Crippen LogP contribution in [0.1, 0.15) is 33.9 Å². The van der Waals surface area contributed by atoms with Crippen molar-refractivity contribution in [3.05, 3.63) is 53.2 Å². The molecule has 0 radical (unpaired) electrons. The number of fused-ring (bicyclic) bond motifs is 1. The molecule has 1 atom stereocenters. The smallest absolute Gasteiger partial charge is 0.299 e. The fraction of sp³-hybridized carbons (Fsp3) is 0.412. The predicted molar refractivity (Wildman–Crippen MR) is 83.5 cm³/mol. The number of rotatable bonds is 3. The van der Waals surface area contributed by atoms with Gasteiger partial charge in [0.05, 0.1) is 19.2 Å². The fourth-order valence-corrected chi connectivity index (χ4v) is 3.09. The predicted octanol–water partition coefficient (Wildman–Crippen LogP) is 1.33. The van der Waals surface area contributed by atoms with Gasteiger partial charge in [-0.1, -0.05) is 24.3 Å². The summed E-state index contributed by atoms with van der Waals surface area (Å²) in [5, 5.41) is 10.9. The van der Waals surface area contributed by atoms with E-state index in [0.717, 1.165) is 24.1 Å². The van der Waals surface area contributed by atoms with Crippen LogP contribution in [0.4, 0.5) is 0 Å². The van der Waals surface area contributed by atoms with Crippen LogP contribution in [0.25, 0.3) is 0 Å². The number of nitrogens with zero attached hydrogens (tertiary/aromatic N) is 3. The minimum atomic E-state index is -0.305. The molecule has 7 heteroatoms. The zero-order valence-corrected chi connectivity index (χ0v) is 13.2.